The van der Waals surface area contributed by atoms with Gasteiger partial charge in [0.2, 0.25) is 0 Å². The molecule has 0 heterocycles. The summed E-state index contributed by atoms with van der Waals surface area (Å²) in [6.45, 7) is 4.18. The van der Waals surface area contributed by atoms with Crippen LogP contribution in [0.1, 0.15) is 20.8 Å². The van der Waals surface area contributed by atoms with Crippen LogP contribution in [0.25, 0.3) is 0 Å². The fourth-order valence-corrected chi connectivity index (χ4v) is 0.935. The normalized spacial score (nSPS) is 11.1. The molecule has 1 atom stereocenters. The molecule has 8 heteroatoms. The van der Waals surface area contributed by atoms with Crippen LogP contribution in [0.2, 0.25) is 0 Å². The average molecular weight is 278 g/mol. The van der Waals surface area contributed by atoms with E-state index in [-0.39, 0.29) is 26.4 Å². The van der Waals surface area contributed by atoms with Crippen LogP contribution in [0.5, 0.6) is 0 Å². The minimum Gasteiger partial charge on any atom is -0.462 e. The highest BCUT2D eigenvalue weighted by atomic mass is 16.8. The summed E-state index contributed by atoms with van der Waals surface area (Å²) in [6.07, 6.45) is -2.79. The third-order valence-electron chi connectivity index (χ3n) is 1.65. The van der Waals surface area contributed by atoms with Crippen molar-refractivity contribution in [1.82, 2.24) is 0 Å². The van der Waals surface area contributed by atoms with Crippen LogP contribution in [0.3, 0.4) is 0 Å². The van der Waals surface area contributed by atoms with Gasteiger partial charge in [-0.05, 0) is 13.8 Å². The van der Waals surface area contributed by atoms with E-state index in [1.165, 1.54) is 6.92 Å². The summed E-state index contributed by atoms with van der Waals surface area (Å²) in [4.78, 5) is 32.8. The molecule has 0 N–H and O–H groups in total. The topological polar surface area (TPSA) is 97.4 Å². The SMILES string of the molecule is CCOC(=O)OCC(COC(C)=O)OC(=O)OCC. The van der Waals surface area contributed by atoms with Gasteiger partial charge in [-0.1, -0.05) is 0 Å². The molecule has 19 heavy (non-hydrogen) atoms. The Balaban J connectivity index is 4.20. The predicted molar refractivity (Wildman–Crippen MR) is 61.5 cm³/mol. The molecule has 0 aromatic heterocycles. The first-order chi connectivity index (χ1) is 8.99. The predicted octanol–water partition coefficient (Wildman–Crippen LogP) is 1.26. The average Bonchev–Trinajstić information content (AvgIpc) is 2.33. The summed E-state index contributed by atoms with van der Waals surface area (Å²) >= 11 is 0. The van der Waals surface area contributed by atoms with E-state index in [2.05, 4.69) is 18.9 Å². The zero-order valence-corrected chi connectivity index (χ0v) is 11.2. The Morgan fingerprint density at radius 3 is 1.89 bits per heavy atom. The Bertz CT molecular complexity index is 301. The fraction of sp³-hybridized carbons (Fsp3) is 0.727. The molecule has 0 rings (SSSR count). The number of hydrogen-bond acceptors (Lipinski definition) is 8. The van der Waals surface area contributed by atoms with Gasteiger partial charge >= 0.3 is 18.3 Å². The fourth-order valence-electron chi connectivity index (χ4n) is 0.935. The third-order valence-corrected chi connectivity index (χ3v) is 1.65. The van der Waals surface area contributed by atoms with E-state index in [9.17, 15) is 14.4 Å². The Kier molecular flexibility index (Phi) is 8.94. The summed E-state index contributed by atoms with van der Waals surface area (Å²) < 4.78 is 23.2. The molecule has 0 aromatic rings. The Morgan fingerprint density at radius 2 is 1.37 bits per heavy atom. The van der Waals surface area contributed by atoms with Crippen molar-refractivity contribution >= 4 is 18.3 Å². The van der Waals surface area contributed by atoms with Crippen molar-refractivity contribution in [1.29, 1.82) is 0 Å². The molecule has 0 radical (unpaired) electrons. The molecule has 0 aliphatic heterocycles. The van der Waals surface area contributed by atoms with Crippen LogP contribution in [-0.4, -0.2) is 50.8 Å². The highest BCUT2D eigenvalue weighted by Gasteiger charge is 2.19. The molecule has 1 unspecified atom stereocenters. The van der Waals surface area contributed by atoms with Gasteiger partial charge in [0.05, 0.1) is 13.2 Å². The molecule has 0 saturated carbocycles. The molecule has 0 amide bonds. The second kappa shape index (κ2) is 9.98. The number of carbonyl (C=O) groups excluding carboxylic acids is 3. The van der Waals surface area contributed by atoms with Crippen LogP contribution in [-0.2, 0) is 28.5 Å². The standard InChI is InChI=1S/C11H18O8/c1-4-15-10(13)18-7-9(6-17-8(3)12)19-11(14)16-5-2/h9H,4-7H2,1-3H3. The molecule has 0 bridgehead atoms. The largest absolute Gasteiger partial charge is 0.508 e. The monoisotopic (exact) mass is 278 g/mol. The zero-order chi connectivity index (χ0) is 14.7. The van der Waals surface area contributed by atoms with E-state index in [0.717, 1.165) is 0 Å². The summed E-state index contributed by atoms with van der Waals surface area (Å²) in [5, 5.41) is 0. The van der Waals surface area contributed by atoms with E-state index >= 15 is 0 Å². The van der Waals surface area contributed by atoms with E-state index in [4.69, 9.17) is 4.74 Å². The van der Waals surface area contributed by atoms with Crippen LogP contribution in [0, 0.1) is 0 Å². The van der Waals surface area contributed by atoms with E-state index in [1.54, 1.807) is 13.8 Å². The van der Waals surface area contributed by atoms with Crippen LogP contribution < -0.4 is 0 Å². The molecule has 8 nitrogen and oxygen atoms in total. The minimum atomic E-state index is -0.952. The van der Waals surface area contributed by atoms with E-state index in [0.29, 0.717) is 0 Å². The van der Waals surface area contributed by atoms with Crippen molar-refractivity contribution in [3.05, 3.63) is 0 Å². The molecular formula is C11H18O8. The Labute approximate surface area is 110 Å². The molecular weight excluding hydrogens is 260 g/mol. The van der Waals surface area contributed by atoms with Crippen LogP contribution >= 0.6 is 0 Å². The van der Waals surface area contributed by atoms with Crippen molar-refractivity contribution in [3.63, 3.8) is 0 Å². The molecule has 0 fully saturated rings. The zero-order valence-electron chi connectivity index (χ0n) is 11.2. The number of rotatable bonds is 7. The lowest BCUT2D eigenvalue weighted by Crippen LogP contribution is -2.31. The number of esters is 1. The molecule has 0 spiro atoms. The maximum Gasteiger partial charge on any atom is 0.508 e. The number of ether oxygens (including phenoxy) is 5. The van der Waals surface area contributed by atoms with Crippen molar-refractivity contribution in [3.8, 4) is 0 Å². The maximum absolute atomic E-state index is 11.1. The highest BCUT2D eigenvalue weighted by molar-refractivity contribution is 5.66. The Morgan fingerprint density at radius 1 is 0.842 bits per heavy atom. The van der Waals surface area contributed by atoms with Crippen LogP contribution in [0.15, 0.2) is 0 Å². The van der Waals surface area contributed by atoms with Crippen molar-refractivity contribution < 1.29 is 38.1 Å². The van der Waals surface area contributed by atoms with Crippen molar-refractivity contribution in [2.24, 2.45) is 0 Å². The van der Waals surface area contributed by atoms with Gasteiger partial charge in [-0.15, -0.1) is 0 Å². The van der Waals surface area contributed by atoms with Gasteiger partial charge in [0, 0.05) is 6.92 Å². The number of hydrogen-bond donors (Lipinski definition) is 0. The van der Waals surface area contributed by atoms with E-state index in [1.807, 2.05) is 0 Å². The van der Waals surface area contributed by atoms with Gasteiger partial charge in [-0.2, -0.15) is 0 Å². The van der Waals surface area contributed by atoms with Gasteiger partial charge in [0.1, 0.15) is 13.2 Å². The molecule has 0 aliphatic carbocycles. The van der Waals surface area contributed by atoms with Crippen LogP contribution in [0.4, 0.5) is 9.59 Å². The summed E-state index contributed by atoms with van der Waals surface area (Å²) in [7, 11) is 0. The first-order valence-electron chi connectivity index (χ1n) is 5.75. The lowest BCUT2D eigenvalue weighted by molar-refractivity contribution is -0.145. The summed E-state index contributed by atoms with van der Waals surface area (Å²) in [5.41, 5.74) is 0. The first-order valence-corrected chi connectivity index (χ1v) is 5.75. The molecule has 0 aromatic carbocycles. The number of carbonyl (C=O) groups is 3. The van der Waals surface area contributed by atoms with Gasteiger partial charge in [0.15, 0.2) is 6.10 Å². The quantitative estimate of drug-likeness (QED) is 0.507. The lowest BCUT2D eigenvalue weighted by Gasteiger charge is -2.16. The molecule has 110 valence electrons. The highest BCUT2D eigenvalue weighted by Crippen LogP contribution is 2.00. The lowest BCUT2D eigenvalue weighted by atomic mass is 10.4. The minimum absolute atomic E-state index is 0.137. The third kappa shape index (κ3) is 9.69. The van der Waals surface area contributed by atoms with Crippen molar-refractivity contribution in [2.75, 3.05) is 26.4 Å². The molecule has 0 aliphatic rings. The van der Waals surface area contributed by atoms with Gasteiger partial charge in [-0.3, -0.25) is 4.79 Å². The first kappa shape index (κ1) is 17.0. The van der Waals surface area contributed by atoms with E-state index < -0.39 is 24.4 Å². The van der Waals surface area contributed by atoms with Crippen molar-refractivity contribution in [2.45, 2.75) is 26.9 Å². The summed E-state index contributed by atoms with van der Waals surface area (Å²) in [6, 6.07) is 0. The smallest absolute Gasteiger partial charge is 0.462 e. The summed E-state index contributed by atoms with van der Waals surface area (Å²) in [5.74, 6) is -0.548. The second-order valence-electron chi connectivity index (χ2n) is 3.22. The van der Waals surface area contributed by atoms with Gasteiger partial charge in [0.25, 0.3) is 0 Å². The van der Waals surface area contributed by atoms with Gasteiger partial charge in [-0.25, -0.2) is 9.59 Å². The molecule has 0 saturated heterocycles. The maximum atomic E-state index is 11.1. The Hall–Kier alpha value is -1.99. The second-order valence-corrected chi connectivity index (χ2v) is 3.22. The van der Waals surface area contributed by atoms with Gasteiger partial charge < -0.3 is 23.7 Å².